The molecule has 1 aromatic rings. The molecule has 0 saturated carbocycles. The van der Waals surface area contributed by atoms with Gasteiger partial charge in [0.1, 0.15) is 5.60 Å². The van der Waals surface area contributed by atoms with Crippen molar-refractivity contribution in [2.24, 2.45) is 0 Å². The van der Waals surface area contributed by atoms with Crippen LogP contribution in [0.4, 0.5) is 0 Å². The zero-order valence-electron chi connectivity index (χ0n) is 10.3. The van der Waals surface area contributed by atoms with Gasteiger partial charge in [-0.05, 0) is 25.8 Å². The SMILES string of the molecule is CCC1(C)COC(C)(c2ccccc2)CO1. The molecule has 1 fully saturated rings. The Morgan fingerprint density at radius 3 is 2.25 bits per heavy atom. The van der Waals surface area contributed by atoms with Gasteiger partial charge in [-0.25, -0.2) is 0 Å². The summed E-state index contributed by atoms with van der Waals surface area (Å²) in [6.45, 7) is 7.62. The maximum absolute atomic E-state index is 6.03. The highest BCUT2D eigenvalue weighted by atomic mass is 16.6. The predicted octanol–water partition coefficient (Wildman–Crippen LogP) is 3.12. The van der Waals surface area contributed by atoms with E-state index in [4.69, 9.17) is 9.47 Å². The Hall–Kier alpha value is -0.860. The molecule has 1 aliphatic rings. The molecule has 0 bridgehead atoms. The average Bonchev–Trinajstić information content (AvgIpc) is 2.35. The minimum atomic E-state index is -0.296. The second kappa shape index (κ2) is 4.19. The van der Waals surface area contributed by atoms with Gasteiger partial charge >= 0.3 is 0 Å². The topological polar surface area (TPSA) is 18.5 Å². The summed E-state index contributed by atoms with van der Waals surface area (Å²) in [4.78, 5) is 0. The lowest BCUT2D eigenvalue weighted by Crippen LogP contribution is -2.48. The Kier molecular flexibility index (Phi) is 3.04. The zero-order valence-corrected chi connectivity index (χ0v) is 10.3. The summed E-state index contributed by atoms with van der Waals surface area (Å²) in [7, 11) is 0. The van der Waals surface area contributed by atoms with E-state index in [1.165, 1.54) is 5.56 Å². The molecule has 2 unspecified atom stereocenters. The van der Waals surface area contributed by atoms with Gasteiger partial charge in [-0.3, -0.25) is 0 Å². The van der Waals surface area contributed by atoms with Crippen molar-refractivity contribution in [3.8, 4) is 0 Å². The van der Waals surface area contributed by atoms with Crippen LogP contribution in [0.3, 0.4) is 0 Å². The quantitative estimate of drug-likeness (QED) is 0.762. The molecule has 1 saturated heterocycles. The third-order valence-corrected chi connectivity index (χ3v) is 3.52. The monoisotopic (exact) mass is 220 g/mol. The Morgan fingerprint density at radius 1 is 1.06 bits per heavy atom. The second-order valence-corrected chi connectivity index (χ2v) is 4.98. The van der Waals surface area contributed by atoms with Crippen LogP contribution in [0.5, 0.6) is 0 Å². The van der Waals surface area contributed by atoms with Crippen LogP contribution in [0.25, 0.3) is 0 Å². The zero-order chi connectivity index (χ0) is 11.6. The first kappa shape index (κ1) is 11.6. The first-order chi connectivity index (χ1) is 7.58. The lowest BCUT2D eigenvalue weighted by molar-refractivity contribution is -0.228. The van der Waals surface area contributed by atoms with Gasteiger partial charge < -0.3 is 9.47 Å². The Balaban J connectivity index is 2.13. The van der Waals surface area contributed by atoms with Crippen molar-refractivity contribution in [2.45, 2.75) is 38.4 Å². The molecule has 0 aliphatic carbocycles. The lowest BCUT2D eigenvalue weighted by Gasteiger charge is -2.43. The molecular formula is C14H20O2. The molecule has 0 radical (unpaired) electrons. The predicted molar refractivity (Wildman–Crippen MR) is 64.4 cm³/mol. The minimum absolute atomic E-state index is 0.117. The summed E-state index contributed by atoms with van der Waals surface area (Å²) in [5.41, 5.74) is 0.776. The maximum Gasteiger partial charge on any atom is 0.114 e. The van der Waals surface area contributed by atoms with Crippen LogP contribution < -0.4 is 0 Å². The van der Waals surface area contributed by atoms with Gasteiger partial charge in [-0.1, -0.05) is 37.3 Å². The highest BCUT2D eigenvalue weighted by Gasteiger charge is 2.39. The molecule has 2 rings (SSSR count). The molecule has 2 nitrogen and oxygen atoms in total. The van der Waals surface area contributed by atoms with E-state index in [0.717, 1.165) is 6.42 Å². The molecule has 16 heavy (non-hydrogen) atoms. The van der Waals surface area contributed by atoms with Crippen LogP contribution in [0.2, 0.25) is 0 Å². The highest BCUT2D eigenvalue weighted by Crippen LogP contribution is 2.34. The van der Waals surface area contributed by atoms with Crippen molar-refractivity contribution in [3.63, 3.8) is 0 Å². The smallest absolute Gasteiger partial charge is 0.114 e. The van der Waals surface area contributed by atoms with Crippen molar-refractivity contribution < 1.29 is 9.47 Å². The van der Waals surface area contributed by atoms with Crippen molar-refractivity contribution >= 4 is 0 Å². The standard InChI is InChI=1S/C14H20O2/c1-4-13(2)10-16-14(3,11-15-13)12-8-6-5-7-9-12/h5-9H,4,10-11H2,1-3H3. The minimum Gasteiger partial charge on any atom is -0.370 e. The molecule has 1 aliphatic heterocycles. The largest absolute Gasteiger partial charge is 0.370 e. The number of hydrogen-bond donors (Lipinski definition) is 0. The highest BCUT2D eigenvalue weighted by molar-refractivity contribution is 5.22. The van der Waals surface area contributed by atoms with Gasteiger partial charge in [0.2, 0.25) is 0 Å². The number of hydrogen-bond acceptors (Lipinski definition) is 2. The summed E-state index contributed by atoms with van der Waals surface area (Å²) in [5.74, 6) is 0. The summed E-state index contributed by atoms with van der Waals surface area (Å²) < 4.78 is 12.0. The van der Waals surface area contributed by atoms with Gasteiger partial charge in [-0.15, -0.1) is 0 Å². The molecule has 1 heterocycles. The molecular weight excluding hydrogens is 200 g/mol. The van der Waals surface area contributed by atoms with Crippen molar-refractivity contribution in [2.75, 3.05) is 13.2 Å². The number of rotatable bonds is 2. The molecule has 2 atom stereocenters. The second-order valence-electron chi connectivity index (χ2n) is 4.98. The van der Waals surface area contributed by atoms with E-state index in [9.17, 15) is 0 Å². The van der Waals surface area contributed by atoms with Crippen molar-refractivity contribution in [1.29, 1.82) is 0 Å². The van der Waals surface area contributed by atoms with E-state index < -0.39 is 0 Å². The van der Waals surface area contributed by atoms with E-state index in [1.54, 1.807) is 0 Å². The maximum atomic E-state index is 6.03. The van der Waals surface area contributed by atoms with Crippen LogP contribution in [-0.2, 0) is 15.1 Å². The van der Waals surface area contributed by atoms with Crippen LogP contribution in [0.1, 0.15) is 32.8 Å². The van der Waals surface area contributed by atoms with E-state index in [1.807, 2.05) is 18.2 Å². The summed E-state index contributed by atoms with van der Waals surface area (Å²) >= 11 is 0. The van der Waals surface area contributed by atoms with Crippen LogP contribution in [-0.4, -0.2) is 18.8 Å². The molecule has 0 spiro atoms. The summed E-state index contributed by atoms with van der Waals surface area (Å²) in [6.07, 6.45) is 0.984. The molecule has 88 valence electrons. The Morgan fingerprint density at radius 2 is 1.75 bits per heavy atom. The van der Waals surface area contributed by atoms with E-state index in [2.05, 4.69) is 32.9 Å². The van der Waals surface area contributed by atoms with Crippen molar-refractivity contribution in [1.82, 2.24) is 0 Å². The molecule has 2 heteroatoms. The number of benzene rings is 1. The summed E-state index contributed by atoms with van der Waals surface area (Å²) in [6, 6.07) is 10.3. The first-order valence-electron chi connectivity index (χ1n) is 5.91. The lowest BCUT2D eigenvalue weighted by atomic mass is 9.93. The van der Waals surface area contributed by atoms with E-state index in [-0.39, 0.29) is 11.2 Å². The van der Waals surface area contributed by atoms with Crippen LogP contribution >= 0.6 is 0 Å². The van der Waals surface area contributed by atoms with Crippen molar-refractivity contribution in [3.05, 3.63) is 35.9 Å². The van der Waals surface area contributed by atoms with E-state index in [0.29, 0.717) is 13.2 Å². The summed E-state index contributed by atoms with van der Waals surface area (Å²) in [5, 5.41) is 0. The van der Waals surface area contributed by atoms with Gasteiger partial charge in [-0.2, -0.15) is 0 Å². The van der Waals surface area contributed by atoms with Crippen LogP contribution in [0.15, 0.2) is 30.3 Å². The van der Waals surface area contributed by atoms with Gasteiger partial charge in [0.15, 0.2) is 0 Å². The third kappa shape index (κ3) is 2.13. The molecule has 0 N–H and O–H groups in total. The van der Waals surface area contributed by atoms with Gasteiger partial charge in [0.05, 0.1) is 18.8 Å². The number of ether oxygens (including phenoxy) is 2. The molecule has 0 amide bonds. The normalized spacial score (nSPS) is 34.9. The van der Waals surface area contributed by atoms with Crippen LogP contribution in [0, 0.1) is 0 Å². The fourth-order valence-electron chi connectivity index (χ4n) is 1.87. The average molecular weight is 220 g/mol. The fourth-order valence-corrected chi connectivity index (χ4v) is 1.87. The van der Waals surface area contributed by atoms with Gasteiger partial charge in [0.25, 0.3) is 0 Å². The Bertz CT molecular complexity index is 337. The molecule has 1 aromatic carbocycles. The van der Waals surface area contributed by atoms with E-state index >= 15 is 0 Å². The third-order valence-electron chi connectivity index (χ3n) is 3.52. The fraction of sp³-hybridized carbons (Fsp3) is 0.571. The van der Waals surface area contributed by atoms with Gasteiger partial charge in [0, 0.05) is 0 Å². The first-order valence-corrected chi connectivity index (χ1v) is 5.91. The molecule has 0 aromatic heterocycles. The Labute approximate surface area is 97.6 Å².